The van der Waals surface area contributed by atoms with Gasteiger partial charge in [-0.25, -0.2) is 13.4 Å². The van der Waals surface area contributed by atoms with Gasteiger partial charge in [0, 0.05) is 13.1 Å². The number of sulfone groups is 1. The molecule has 0 N–H and O–H groups in total. The summed E-state index contributed by atoms with van der Waals surface area (Å²) >= 11 is 1.50. The molecule has 0 atom stereocenters. The molecule has 0 saturated carbocycles. The molecule has 30 heavy (non-hydrogen) atoms. The highest BCUT2D eigenvalue weighted by atomic mass is 32.2. The van der Waals surface area contributed by atoms with E-state index in [0.717, 1.165) is 15.8 Å². The number of hydrogen-bond donors (Lipinski definition) is 0. The number of aromatic nitrogens is 1. The van der Waals surface area contributed by atoms with Crippen LogP contribution in [0.5, 0.6) is 0 Å². The van der Waals surface area contributed by atoms with Gasteiger partial charge >= 0.3 is 0 Å². The molecule has 0 saturated heterocycles. The molecule has 0 aliphatic heterocycles. The maximum atomic E-state index is 13.1. The lowest BCUT2D eigenvalue weighted by molar-refractivity contribution is -0.118. The Morgan fingerprint density at radius 3 is 2.30 bits per heavy atom. The topological polar surface area (TPSA) is 70.6 Å². The summed E-state index contributed by atoms with van der Waals surface area (Å²) in [6, 6.07) is 14.4. The summed E-state index contributed by atoms with van der Waals surface area (Å²) in [6.45, 7) is 4.57. The molecule has 8 heteroatoms. The second kappa shape index (κ2) is 9.24. The maximum absolute atomic E-state index is 13.1. The number of hydrogen-bond acceptors (Lipinski definition) is 6. The van der Waals surface area contributed by atoms with E-state index >= 15 is 0 Å². The number of carbonyl (C=O) groups excluding carboxylic acids is 1. The lowest BCUT2D eigenvalue weighted by Crippen LogP contribution is -2.37. The number of nitrogens with zero attached hydrogens (tertiary/aromatic N) is 3. The zero-order chi connectivity index (χ0) is 21.9. The molecule has 0 unspecified atom stereocenters. The van der Waals surface area contributed by atoms with Crippen molar-refractivity contribution < 1.29 is 13.2 Å². The second-order valence-electron chi connectivity index (χ2n) is 7.73. The molecule has 0 radical (unpaired) electrons. The molecule has 0 fully saturated rings. The predicted octanol–water partition coefficient (Wildman–Crippen LogP) is 3.62. The first kappa shape index (κ1) is 22.4. The van der Waals surface area contributed by atoms with Crippen molar-refractivity contribution >= 4 is 42.4 Å². The number of fused-ring (bicyclic) bond motifs is 1. The highest BCUT2D eigenvalue weighted by Crippen LogP contribution is 2.29. The Morgan fingerprint density at radius 2 is 1.70 bits per heavy atom. The summed E-state index contributed by atoms with van der Waals surface area (Å²) in [5.41, 5.74) is 1.65. The second-order valence-corrected chi connectivity index (χ2v) is 11.2. The normalized spacial score (nSPS) is 12.1. The van der Waals surface area contributed by atoms with Gasteiger partial charge in [0.15, 0.2) is 15.0 Å². The molecule has 160 valence electrons. The van der Waals surface area contributed by atoms with Crippen LogP contribution in [0, 0.1) is 0 Å². The van der Waals surface area contributed by atoms with E-state index in [-0.39, 0.29) is 17.2 Å². The van der Waals surface area contributed by atoms with Crippen molar-refractivity contribution in [3.05, 3.63) is 54.1 Å². The fourth-order valence-electron chi connectivity index (χ4n) is 2.94. The zero-order valence-electron chi connectivity index (χ0n) is 17.7. The van der Waals surface area contributed by atoms with Gasteiger partial charge in [-0.2, -0.15) is 0 Å². The molecule has 0 spiro atoms. The Morgan fingerprint density at radius 1 is 1.03 bits per heavy atom. The highest BCUT2D eigenvalue weighted by molar-refractivity contribution is 7.92. The summed E-state index contributed by atoms with van der Waals surface area (Å²) < 4.78 is 25.7. The number of para-hydroxylation sites is 1. The number of anilines is 1. The van der Waals surface area contributed by atoms with E-state index in [9.17, 15) is 13.2 Å². The Kier molecular flexibility index (Phi) is 6.90. The molecule has 2 aromatic carbocycles. The first-order chi connectivity index (χ1) is 14.2. The molecular formula is C22H27N3O3S2. The van der Waals surface area contributed by atoms with E-state index in [0.29, 0.717) is 18.2 Å². The monoisotopic (exact) mass is 445 g/mol. The van der Waals surface area contributed by atoms with E-state index in [1.165, 1.54) is 11.3 Å². The summed E-state index contributed by atoms with van der Waals surface area (Å²) in [7, 11) is 0.611. The molecule has 1 heterocycles. The lowest BCUT2D eigenvalue weighted by atomic mass is 10.1. The largest absolute Gasteiger partial charge is 0.308 e. The third kappa shape index (κ3) is 5.06. The van der Waals surface area contributed by atoms with Crippen molar-refractivity contribution in [1.29, 1.82) is 0 Å². The van der Waals surface area contributed by atoms with Crippen LogP contribution in [0.3, 0.4) is 0 Å². The first-order valence-electron chi connectivity index (χ1n) is 9.82. The highest BCUT2D eigenvalue weighted by Gasteiger charge is 2.22. The zero-order valence-corrected chi connectivity index (χ0v) is 19.3. The molecule has 1 aromatic heterocycles. The van der Waals surface area contributed by atoms with Crippen LogP contribution in [0.4, 0.5) is 5.13 Å². The molecule has 0 bridgehead atoms. The Balaban J connectivity index is 1.82. The van der Waals surface area contributed by atoms with Gasteiger partial charge in [0.05, 0.1) is 26.8 Å². The predicted molar refractivity (Wildman–Crippen MR) is 123 cm³/mol. The molecule has 1 amide bonds. The third-order valence-corrected chi connectivity index (χ3v) is 8.04. The van der Waals surface area contributed by atoms with Gasteiger partial charge in [0.25, 0.3) is 0 Å². The van der Waals surface area contributed by atoms with Gasteiger partial charge in [-0.3, -0.25) is 9.69 Å². The summed E-state index contributed by atoms with van der Waals surface area (Å²) in [4.78, 5) is 21.8. The van der Waals surface area contributed by atoms with E-state index in [2.05, 4.69) is 4.98 Å². The van der Waals surface area contributed by atoms with Gasteiger partial charge in [-0.1, -0.05) is 35.6 Å². The average molecular weight is 446 g/mol. The van der Waals surface area contributed by atoms with Crippen LogP contribution in [0.2, 0.25) is 0 Å². The van der Waals surface area contributed by atoms with E-state index in [4.69, 9.17) is 0 Å². The number of carbonyl (C=O) groups is 1. The molecule has 6 nitrogen and oxygen atoms in total. The van der Waals surface area contributed by atoms with Crippen LogP contribution in [0.25, 0.3) is 10.2 Å². The summed E-state index contributed by atoms with van der Waals surface area (Å²) in [5.74, 6) is -0.0598. The van der Waals surface area contributed by atoms with Gasteiger partial charge < -0.3 is 4.90 Å². The molecule has 3 rings (SSSR count). The Hall–Kier alpha value is -2.29. The smallest absolute Gasteiger partial charge is 0.233 e. The number of rotatable bonds is 8. The van der Waals surface area contributed by atoms with Gasteiger partial charge in [-0.05, 0) is 57.8 Å². The quantitative estimate of drug-likeness (QED) is 0.530. The summed E-state index contributed by atoms with van der Waals surface area (Å²) in [6.07, 6.45) is 0.186. The minimum absolute atomic E-state index is 0.0598. The first-order valence-corrected chi connectivity index (χ1v) is 12.2. The minimum Gasteiger partial charge on any atom is -0.308 e. The fourth-order valence-corrected chi connectivity index (χ4v) is 5.01. The lowest BCUT2D eigenvalue weighted by Gasteiger charge is -2.22. The maximum Gasteiger partial charge on any atom is 0.233 e. The van der Waals surface area contributed by atoms with Crippen molar-refractivity contribution in [1.82, 2.24) is 9.88 Å². The number of benzene rings is 2. The number of thiazole rings is 1. The van der Waals surface area contributed by atoms with Crippen molar-refractivity contribution in [2.45, 2.75) is 30.4 Å². The number of amides is 1. The summed E-state index contributed by atoms with van der Waals surface area (Å²) in [5, 5.41) is 0.201. The van der Waals surface area contributed by atoms with Crippen LogP contribution in [-0.4, -0.2) is 56.6 Å². The average Bonchev–Trinajstić information content (AvgIpc) is 3.12. The van der Waals surface area contributed by atoms with E-state index < -0.39 is 15.1 Å². The van der Waals surface area contributed by atoms with Crippen molar-refractivity contribution in [2.75, 3.05) is 32.1 Å². The van der Waals surface area contributed by atoms with Crippen LogP contribution in [0.1, 0.15) is 19.4 Å². The Labute approximate surface area is 182 Å². The van der Waals surface area contributed by atoms with Crippen LogP contribution in [-0.2, 0) is 21.1 Å². The third-order valence-electron chi connectivity index (χ3n) is 4.81. The van der Waals surface area contributed by atoms with Gasteiger partial charge in [0.2, 0.25) is 5.91 Å². The van der Waals surface area contributed by atoms with E-state index in [1.54, 1.807) is 43.0 Å². The molecule has 0 aliphatic carbocycles. The van der Waals surface area contributed by atoms with Crippen molar-refractivity contribution in [2.24, 2.45) is 0 Å². The molecule has 0 aliphatic rings. The van der Waals surface area contributed by atoms with Crippen LogP contribution in [0.15, 0.2) is 53.4 Å². The molecule has 3 aromatic rings. The molecular weight excluding hydrogens is 418 g/mol. The minimum atomic E-state index is -3.32. The Bertz CT molecular complexity index is 1090. The van der Waals surface area contributed by atoms with E-state index in [1.807, 2.05) is 43.3 Å². The van der Waals surface area contributed by atoms with Crippen LogP contribution >= 0.6 is 11.3 Å². The van der Waals surface area contributed by atoms with Crippen molar-refractivity contribution in [3.63, 3.8) is 0 Å². The van der Waals surface area contributed by atoms with Gasteiger partial charge in [0.1, 0.15) is 0 Å². The number of likely N-dealkylation sites (N-methyl/N-ethyl adjacent to an activating group) is 1. The van der Waals surface area contributed by atoms with Crippen LogP contribution < -0.4 is 4.90 Å². The van der Waals surface area contributed by atoms with Gasteiger partial charge in [-0.15, -0.1) is 0 Å². The standard InChI is InChI=1S/C22H27N3O3S2/c1-16(2)30(27,28)18-11-9-17(10-12-18)15-21(26)25(14-13-24(3)4)22-23-19-7-5-6-8-20(19)29-22/h5-12,16H,13-15H2,1-4H3. The SMILES string of the molecule is CC(C)S(=O)(=O)c1ccc(CC(=O)N(CCN(C)C)c2nc3ccccc3s2)cc1. The fraction of sp³-hybridized carbons (Fsp3) is 0.364. The van der Waals surface area contributed by atoms with Crippen molar-refractivity contribution in [3.8, 4) is 0 Å².